The van der Waals surface area contributed by atoms with Gasteiger partial charge in [-0.3, -0.25) is 14.4 Å². The van der Waals surface area contributed by atoms with Crippen molar-refractivity contribution in [3.05, 3.63) is 59.2 Å². The van der Waals surface area contributed by atoms with E-state index in [0.717, 1.165) is 17.5 Å². The quantitative estimate of drug-likeness (QED) is 0.894. The van der Waals surface area contributed by atoms with Crippen molar-refractivity contribution in [3.8, 4) is 0 Å². The highest BCUT2D eigenvalue weighted by Crippen LogP contribution is 2.32. The third-order valence-electron chi connectivity index (χ3n) is 5.30. The van der Waals surface area contributed by atoms with E-state index in [1.165, 1.54) is 4.90 Å². The monoisotopic (exact) mass is 377 g/mol. The molecule has 2 aromatic carbocycles. The number of carbonyl (C=O) groups is 3. The number of anilines is 2. The first-order chi connectivity index (χ1) is 13.4. The first-order valence-electron chi connectivity index (χ1n) is 9.53. The number of nitrogens with one attached hydrogen (secondary N) is 1. The summed E-state index contributed by atoms with van der Waals surface area (Å²) in [5.41, 5.74) is 3.79. The number of benzene rings is 2. The minimum Gasteiger partial charge on any atom is -0.327 e. The van der Waals surface area contributed by atoms with E-state index in [0.29, 0.717) is 29.9 Å². The van der Waals surface area contributed by atoms with Crippen molar-refractivity contribution < 1.29 is 14.4 Å². The molecule has 0 spiro atoms. The molecule has 1 atom stereocenters. The van der Waals surface area contributed by atoms with Crippen molar-refractivity contribution in [2.75, 3.05) is 23.3 Å². The van der Waals surface area contributed by atoms with Crippen LogP contribution in [0.1, 0.15) is 34.3 Å². The van der Waals surface area contributed by atoms with Gasteiger partial charge in [0.05, 0.1) is 11.3 Å². The molecule has 1 N–H and O–H groups in total. The van der Waals surface area contributed by atoms with E-state index < -0.39 is 6.04 Å². The van der Waals surface area contributed by atoms with Crippen molar-refractivity contribution in [1.29, 1.82) is 0 Å². The smallest absolute Gasteiger partial charge is 0.256 e. The second kappa shape index (κ2) is 7.11. The van der Waals surface area contributed by atoms with Crippen molar-refractivity contribution in [2.24, 2.45) is 0 Å². The predicted octanol–water partition coefficient (Wildman–Crippen LogP) is 2.89. The van der Waals surface area contributed by atoms with Crippen LogP contribution in [0.15, 0.2) is 42.5 Å². The molecule has 1 fully saturated rings. The highest BCUT2D eigenvalue weighted by atomic mass is 16.2. The number of hydrogen-bond donors (Lipinski definition) is 1. The Balaban J connectivity index is 1.63. The number of aryl methyl sites for hydroxylation is 2. The average molecular weight is 377 g/mol. The van der Waals surface area contributed by atoms with Gasteiger partial charge in [0.1, 0.15) is 12.6 Å². The Morgan fingerprint density at radius 3 is 2.57 bits per heavy atom. The first kappa shape index (κ1) is 18.2. The largest absolute Gasteiger partial charge is 0.327 e. The van der Waals surface area contributed by atoms with E-state index in [-0.39, 0.29) is 24.3 Å². The fraction of sp³-hybridized carbons (Fsp3) is 0.318. The van der Waals surface area contributed by atoms with E-state index in [4.69, 9.17) is 0 Å². The summed E-state index contributed by atoms with van der Waals surface area (Å²) < 4.78 is 0. The van der Waals surface area contributed by atoms with Crippen LogP contribution in [-0.2, 0) is 9.59 Å². The van der Waals surface area contributed by atoms with E-state index in [1.807, 2.05) is 32.0 Å². The number of para-hydroxylation sites is 1. The third-order valence-corrected chi connectivity index (χ3v) is 5.30. The summed E-state index contributed by atoms with van der Waals surface area (Å²) in [6, 6.07) is 12.4. The normalized spacial score (nSPS) is 18.6. The number of fused-ring (bicyclic) bond motifs is 2. The zero-order valence-corrected chi connectivity index (χ0v) is 16.1. The van der Waals surface area contributed by atoms with Gasteiger partial charge in [0, 0.05) is 12.2 Å². The standard InChI is InChI=1S/C22H23N3O3/c1-14-10-15(2)12-16(11-14)23-20(26)13-25-18-7-4-3-6-17(18)21(27)24-9-5-8-19(24)22(25)28/h3-4,6-7,10-12,19H,5,8-9,13H2,1-2H3,(H,23,26)/t19-/m0/s1. The molecule has 144 valence electrons. The van der Waals surface area contributed by atoms with Crippen molar-refractivity contribution in [2.45, 2.75) is 32.7 Å². The molecule has 2 aromatic rings. The van der Waals surface area contributed by atoms with Crippen LogP contribution in [0.3, 0.4) is 0 Å². The van der Waals surface area contributed by atoms with Crippen LogP contribution in [0, 0.1) is 13.8 Å². The Labute approximate surface area is 164 Å². The van der Waals surface area contributed by atoms with Gasteiger partial charge in [-0.2, -0.15) is 0 Å². The number of hydrogen-bond acceptors (Lipinski definition) is 3. The molecule has 2 aliphatic heterocycles. The highest BCUT2D eigenvalue weighted by Gasteiger charge is 2.42. The molecule has 0 aromatic heterocycles. The van der Waals surface area contributed by atoms with Gasteiger partial charge in [0.15, 0.2) is 0 Å². The highest BCUT2D eigenvalue weighted by molar-refractivity contribution is 6.13. The maximum absolute atomic E-state index is 13.2. The van der Waals surface area contributed by atoms with Gasteiger partial charge in [-0.25, -0.2) is 0 Å². The molecule has 3 amide bonds. The lowest BCUT2D eigenvalue weighted by Gasteiger charge is -2.25. The molecule has 0 saturated carbocycles. The number of amides is 3. The molecule has 1 saturated heterocycles. The Hall–Kier alpha value is -3.15. The van der Waals surface area contributed by atoms with Crippen molar-refractivity contribution in [3.63, 3.8) is 0 Å². The molecule has 4 rings (SSSR count). The van der Waals surface area contributed by atoms with E-state index in [2.05, 4.69) is 5.32 Å². The minimum absolute atomic E-state index is 0.125. The summed E-state index contributed by atoms with van der Waals surface area (Å²) in [7, 11) is 0. The zero-order valence-electron chi connectivity index (χ0n) is 16.1. The molecule has 6 nitrogen and oxygen atoms in total. The Bertz CT molecular complexity index is 949. The molecule has 28 heavy (non-hydrogen) atoms. The zero-order chi connectivity index (χ0) is 19.8. The fourth-order valence-corrected chi connectivity index (χ4v) is 4.16. The van der Waals surface area contributed by atoms with Crippen LogP contribution in [0.2, 0.25) is 0 Å². The van der Waals surface area contributed by atoms with Gasteiger partial charge in [-0.05, 0) is 62.1 Å². The van der Waals surface area contributed by atoms with Crippen molar-refractivity contribution in [1.82, 2.24) is 4.90 Å². The fourth-order valence-electron chi connectivity index (χ4n) is 4.16. The maximum Gasteiger partial charge on any atom is 0.256 e. The summed E-state index contributed by atoms with van der Waals surface area (Å²) >= 11 is 0. The second-order valence-electron chi connectivity index (χ2n) is 7.52. The van der Waals surface area contributed by atoms with E-state index in [1.54, 1.807) is 29.2 Å². The van der Waals surface area contributed by atoms with E-state index in [9.17, 15) is 14.4 Å². The number of carbonyl (C=O) groups excluding carboxylic acids is 3. The topological polar surface area (TPSA) is 69.7 Å². The lowest BCUT2D eigenvalue weighted by Crippen LogP contribution is -2.47. The molecule has 0 bridgehead atoms. The van der Waals surface area contributed by atoms with Gasteiger partial charge in [0.2, 0.25) is 11.8 Å². The van der Waals surface area contributed by atoms with Crippen LogP contribution < -0.4 is 10.2 Å². The Morgan fingerprint density at radius 1 is 1.11 bits per heavy atom. The van der Waals surface area contributed by atoms with Crippen LogP contribution in [0.5, 0.6) is 0 Å². The molecule has 0 unspecified atom stereocenters. The van der Waals surface area contributed by atoms with Crippen LogP contribution in [0.25, 0.3) is 0 Å². The summed E-state index contributed by atoms with van der Waals surface area (Å²) in [5.74, 6) is -0.609. The summed E-state index contributed by atoms with van der Waals surface area (Å²) in [4.78, 5) is 41.9. The van der Waals surface area contributed by atoms with Gasteiger partial charge in [-0.15, -0.1) is 0 Å². The molecule has 2 heterocycles. The Kier molecular flexibility index (Phi) is 4.63. The molecular formula is C22H23N3O3. The van der Waals surface area contributed by atoms with Crippen LogP contribution in [0.4, 0.5) is 11.4 Å². The van der Waals surface area contributed by atoms with Gasteiger partial charge in [0.25, 0.3) is 5.91 Å². The lowest BCUT2D eigenvalue weighted by molar-refractivity contribution is -0.124. The molecule has 2 aliphatic rings. The van der Waals surface area contributed by atoms with E-state index >= 15 is 0 Å². The molecule has 0 radical (unpaired) electrons. The SMILES string of the molecule is Cc1cc(C)cc(NC(=O)CN2C(=O)[C@@H]3CCCN3C(=O)c3ccccc32)c1. The van der Waals surface area contributed by atoms with Gasteiger partial charge >= 0.3 is 0 Å². The van der Waals surface area contributed by atoms with Crippen LogP contribution >= 0.6 is 0 Å². The third kappa shape index (κ3) is 3.26. The minimum atomic E-state index is -0.492. The average Bonchev–Trinajstić information content (AvgIpc) is 3.11. The number of rotatable bonds is 3. The molecule has 6 heteroatoms. The molecule has 0 aliphatic carbocycles. The summed E-state index contributed by atoms with van der Waals surface area (Å²) in [6.45, 7) is 4.39. The van der Waals surface area contributed by atoms with Gasteiger partial charge < -0.3 is 15.1 Å². The predicted molar refractivity (Wildman–Crippen MR) is 107 cm³/mol. The van der Waals surface area contributed by atoms with Crippen LogP contribution in [-0.4, -0.2) is 41.8 Å². The summed E-state index contributed by atoms with van der Waals surface area (Å²) in [5, 5.41) is 2.88. The summed E-state index contributed by atoms with van der Waals surface area (Å²) in [6.07, 6.45) is 1.43. The Morgan fingerprint density at radius 2 is 1.82 bits per heavy atom. The first-order valence-corrected chi connectivity index (χ1v) is 9.53. The second-order valence-corrected chi connectivity index (χ2v) is 7.52. The molecular weight excluding hydrogens is 354 g/mol. The number of nitrogens with zero attached hydrogens (tertiary/aromatic N) is 2. The lowest BCUT2D eigenvalue weighted by atomic mass is 10.1. The van der Waals surface area contributed by atoms with Gasteiger partial charge in [-0.1, -0.05) is 18.2 Å². The van der Waals surface area contributed by atoms with Crippen molar-refractivity contribution >= 4 is 29.1 Å². The maximum atomic E-state index is 13.2.